The van der Waals surface area contributed by atoms with Crippen molar-refractivity contribution in [2.24, 2.45) is 0 Å². The van der Waals surface area contributed by atoms with Gasteiger partial charge in [-0.2, -0.15) is 0 Å². The van der Waals surface area contributed by atoms with Crippen molar-refractivity contribution in [3.8, 4) is 0 Å². The van der Waals surface area contributed by atoms with Gasteiger partial charge >= 0.3 is 198 Å². The average molecular weight is 725 g/mol. The van der Waals surface area contributed by atoms with Gasteiger partial charge in [0.05, 0.1) is 0 Å². The zero-order valence-corrected chi connectivity index (χ0v) is 32.1. The van der Waals surface area contributed by atoms with Crippen LogP contribution in [0.4, 0.5) is 0 Å². The van der Waals surface area contributed by atoms with Crippen molar-refractivity contribution < 1.29 is 25.3 Å². The predicted molar refractivity (Wildman–Crippen MR) is 146 cm³/mol. The molecule has 10 heteroatoms. The summed E-state index contributed by atoms with van der Waals surface area (Å²) < 4.78 is 10.1. The van der Waals surface area contributed by atoms with E-state index in [1.807, 2.05) is 0 Å². The van der Waals surface area contributed by atoms with E-state index in [2.05, 4.69) is 123 Å². The molecule has 0 unspecified atom stereocenters. The first-order valence-corrected chi connectivity index (χ1v) is 36.1. The Hall–Kier alpha value is 2.17. The Bertz CT molecular complexity index is 400. The molecule has 0 saturated heterocycles. The fraction of sp³-hybridized carbons (Fsp3) is 1.00. The molecule has 0 aliphatic heterocycles. The van der Waals surface area contributed by atoms with Crippen LogP contribution < -0.4 is 0 Å². The van der Waals surface area contributed by atoms with E-state index in [9.17, 15) is 0 Å². The van der Waals surface area contributed by atoms with Crippen molar-refractivity contribution in [1.82, 2.24) is 5.43 Å². The molecule has 0 aromatic heterocycles. The van der Waals surface area contributed by atoms with E-state index in [0.717, 1.165) is 0 Å². The molecule has 0 atom stereocenters. The summed E-state index contributed by atoms with van der Waals surface area (Å²) in [5.41, 5.74) is 0. The molecule has 0 heterocycles. The minimum absolute atomic E-state index is 1.43. The maximum absolute atomic E-state index is 3.36. The fourth-order valence-corrected chi connectivity index (χ4v) is 88.9. The first-order chi connectivity index (χ1) is 11.7. The second-order valence-corrected chi connectivity index (χ2v) is 59.7. The van der Waals surface area contributed by atoms with Gasteiger partial charge in [-0.25, -0.2) is 0 Å². The molecule has 0 aromatic rings. The van der Waals surface area contributed by atoms with Gasteiger partial charge in [-0.15, -0.1) is 0 Å². The van der Waals surface area contributed by atoms with Gasteiger partial charge in [0.15, 0.2) is 0 Å². The first kappa shape index (κ1) is 30.2. The predicted octanol–water partition coefficient (Wildman–Crippen LogP) is 7.27. The Morgan fingerprint density at radius 3 is 0.464 bits per heavy atom. The normalized spacial score (nSPS) is 15.8. The Morgan fingerprint density at radius 2 is 0.393 bits per heavy atom. The summed E-state index contributed by atoms with van der Waals surface area (Å²) in [5, 5.41) is 0. The molecule has 0 spiro atoms. The third kappa shape index (κ3) is 8.26. The SMILES string of the molecule is C[Si](C)(C)[N]([Pu]([N]([Si](C)(C)C)[Si](C)(C)C)[N]([Si](C)(C)C)[Si](C)(C)C)[Si](C)(C)C. The van der Waals surface area contributed by atoms with Crippen molar-refractivity contribution in [1.29, 1.82) is 0 Å². The van der Waals surface area contributed by atoms with E-state index in [1.54, 1.807) is 0 Å². The van der Waals surface area contributed by atoms with Crippen LogP contribution >= 0.6 is 0 Å². The molecule has 0 N–H and O–H groups in total. The molecule has 0 fully saturated rings. The van der Waals surface area contributed by atoms with E-state index in [-0.39, 0.29) is 0 Å². The van der Waals surface area contributed by atoms with Crippen LogP contribution in [0.25, 0.3) is 0 Å². The number of hydrogen-bond donors (Lipinski definition) is 0. The summed E-state index contributed by atoms with van der Waals surface area (Å²) >= 11 is -2.45. The number of nitrogens with zero attached hydrogens (tertiary/aromatic N) is 3. The molecule has 0 bridgehead atoms. The van der Waals surface area contributed by atoms with Crippen molar-refractivity contribution in [2.75, 3.05) is 0 Å². The Morgan fingerprint density at radius 1 is 0.286 bits per heavy atom. The molecular formula is C18H54N3PuSi6. The van der Waals surface area contributed by atoms with E-state index in [4.69, 9.17) is 0 Å². The Balaban J connectivity index is 7.30. The van der Waals surface area contributed by atoms with E-state index < -0.39 is 74.7 Å². The zero-order valence-electron chi connectivity index (χ0n) is 22.7. The quantitative estimate of drug-likeness (QED) is 0.232. The van der Waals surface area contributed by atoms with Gasteiger partial charge in [0.2, 0.25) is 0 Å². The van der Waals surface area contributed by atoms with Crippen LogP contribution in [-0.4, -0.2) is 54.8 Å². The van der Waals surface area contributed by atoms with Gasteiger partial charge in [-0.1, -0.05) is 0 Å². The second kappa shape index (κ2) is 9.20. The topological polar surface area (TPSA) is 9.72 Å². The van der Waals surface area contributed by atoms with Crippen LogP contribution in [-0.2, 0) is 0 Å². The van der Waals surface area contributed by atoms with Gasteiger partial charge in [-0.05, 0) is 0 Å². The molecule has 171 valence electrons. The third-order valence-corrected chi connectivity index (χ3v) is 77.8. The fourth-order valence-electron chi connectivity index (χ4n) is 4.73. The van der Waals surface area contributed by atoms with Crippen LogP contribution in [0, 0.1) is 25.3 Å². The van der Waals surface area contributed by atoms with Crippen molar-refractivity contribution in [2.45, 2.75) is 118 Å². The van der Waals surface area contributed by atoms with Gasteiger partial charge in [0, 0.05) is 0 Å². The van der Waals surface area contributed by atoms with Crippen LogP contribution in [0.2, 0.25) is 118 Å². The summed E-state index contributed by atoms with van der Waals surface area (Å²) in [6.45, 7) is 47.6. The molecule has 0 rings (SSSR count). The van der Waals surface area contributed by atoms with Gasteiger partial charge in [0.25, 0.3) is 0 Å². The Kier molecular flexibility index (Phi) is 9.91. The maximum atomic E-state index is 3.36. The van der Waals surface area contributed by atoms with E-state index in [1.165, 1.54) is 0 Å². The van der Waals surface area contributed by atoms with Gasteiger partial charge < -0.3 is 0 Å². The molecule has 3 nitrogen and oxygen atoms in total. The van der Waals surface area contributed by atoms with E-state index >= 15 is 0 Å². The zero-order chi connectivity index (χ0) is 23.3. The molecule has 0 aliphatic carbocycles. The van der Waals surface area contributed by atoms with Gasteiger partial charge in [-0.3, -0.25) is 0 Å². The van der Waals surface area contributed by atoms with Crippen LogP contribution in [0.15, 0.2) is 0 Å². The van der Waals surface area contributed by atoms with Crippen LogP contribution in [0.5, 0.6) is 0 Å². The molecule has 0 amide bonds. The van der Waals surface area contributed by atoms with Crippen LogP contribution in [0.3, 0.4) is 0 Å². The number of rotatable bonds is 9. The summed E-state index contributed by atoms with van der Waals surface area (Å²) in [7, 11) is -8.59. The van der Waals surface area contributed by atoms with Crippen molar-refractivity contribution in [3.05, 3.63) is 0 Å². The van der Waals surface area contributed by atoms with Gasteiger partial charge in [0.1, 0.15) is 0 Å². The molecule has 28 heavy (non-hydrogen) atoms. The van der Waals surface area contributed by atoms with E-state index in [0.29, 0.717) is 0 Å². The average Bonchev–Trinajstić information content (AvgIpc) is 2.13. The standard InChI is InChI=1S/3C6H18NSi2.Pu/c3*1-8(2,3)7-9(4,5)6;/h3*1-6H3;/q3*-1;+3. The number of hydrogen-bond acceptors (Lipinski definition) is 3. The molecular weight excluding hydrogens is 671 g/mol. The van der Waals surface area contributed by atoms with Crippen LogP contribution in [0.1, 0.15) is 0 Å². The minimum atomic E-state index is -2.45. The molecule has 0 aliphatic rings. The summed E-state index contributed by atoms with van der Waals surface area (Å²) in [6, 6.07) is 0. The first-order valence-electron chi connectivity index (χ1n) is 10.9. The summed E-state index contributed by atoms with van der Waals surface area (Å²) in [6.07, 6.45) is 0. The second-order valence-electron chi connectivity index (χ2n) is 14.2. The summed E-state index contributed by atoms with van der Waals surface area (Å²) in [5.74, 6) is 0. The summed E-state index contributed by atoms with van der Waals surface area (Å²) in [4.78, 5) is 0. The molecule has 0 aromatic carbocycles. The molecule has 0 radical (unpaired) electrons. The molecule has 0 saturated carbocycles. The van der Waals surface area contributed by atoms with Crippen molar-refractivity contribution in [3.63, 3.8) is 0 Å². The Labute approximate surface area is 196 Å². The third-order valence-electron chi connectivity index (χ3n) is 4.15. The van der Waals surface area contributed by atoms with Crippen molar-refractivity contribution >= 4 is 49.4 Å². The monoisotopic (exact) mass is 718 g/mol.